The van der Waals surface area contributed by atoms with Crippen molar-refractivity contribution in [1.29, 1.82) is 0 Å². The molecule has 20 heavy (non-hydrogen) atoms. The fraction of sp³-hybridized carbons (Fsp3) is 0.500. The number of fused-ring (bicyclic) bond motifs is 1. The molecule has 3 rings (SSSR count). The lowest BCUT2D eigenvalue weighted by Gasteiger charge is -2.41. The number of hydrogen-bond donors (Lipinski definition) is 1. The second-order valence-electron chi connectivity index (χ2n) is 6.17. The number of likely N-dealkylation sites (tertiary alicyclic amines) is 1. The molecule has 0 aliphatic carbocycles. The molecular formula is C16H20N2O2. The predicted octanol–water partition coefficient (Wildman–Crippen LogP) is 1.70. The zero-order valence-corrected chi connectivity index (χ0v) is 12.0. The topological polar surface area (TPSA) is 49.4 Å². The molecule has 2 fully saturated rings. The zero-order valence-electron chi connectivity index (χ0n) is 12.0. The Labute approximate surface area is 119 Å². The first kappa shape index (κ1) is 13.3. The first-order valence-corrected chi connectivity index (χ1v) is 7.14. The molecule has 0 bridgehead atoms. The van der Waals surface area contributed by atoms with E-state index in [1.165, 1.54) is 4.90 Å². The molecule has 2 amide bonds. The Bertz CT molecular complexity index is 527. The number of nitrogens with one attached hydrogen (secondary N) is 1. The van der Waals surface area contributed by atoms with Gasteiger partial charge in [-0.15, -0.1) is 0 Å². The Morgan fingerprint density at radius 3 is 2.50 bits per heavy atom. The van der Waals surface area contributed by atoms with Crippen LogP contribution in [0.1, 0.15) is 32.3 Å². The molecule has 1 N–H and O–H groups in total. The highest BCUT2D eigenvalue weighted by molar-refractivity contribution is 6.11. The zero-order chi connectivity index (χ0) is 14.4. The van der Waals surface area contributed by atoms with Crippen LogP contribution in [0.2, 0.25) is 0 Å². The molecule has 0 radical (unpaired) electrons. The molecule has 1 aromatic carbocycles. The van der Waals surface area contributed by atoms with Gasteiger partial charge < -0.3 is 5.32 Å². The summed E-state index contributed by atoms with van der Waals surface area (Å²) in [7, 11) is 0. The summed E-state index contributed by atoms with van der Waals surface area (Å²) in [5.41, 5.74) is -0.381. The summed E-state index contributed by atoms with van der Waals surface area (Å²) in [4.78, 5) is 26.9. The third kappa shape index (κ3) is 1.64. The van der Waals surface area contributed by atoms with Gasteiger partial charge in [0.05, 0.1) is 12.0 Å². The molecule has 1 aromatic rings. The van der Waals surface area contributed by atoms with Crippen LogP contribution in [0.3, 0.4) is 0 Å². The number of imide groups is 1. The Balaban J connectivity index is 1.94. The van der Waals surface area contributed by atoms with E-state index in [1.807, 2.05) is 44.2 Å². The molecule has 2 aliphatic rings. The van der Waals surface area contributed by atoms with Gasteiger partial charge in [0.2, 0.25) is 5.91 Å². The van der Waals surface area contributed by atoms with Gasteiger partial charge in [0.25, 0.3) is 5.91 Å². The average Bonchev–Trinajstić information content (AvgIpc) is 2.60. The molecule has 2 heterocycles. The van der Waals surface area contributed by atoms with Crippen LogP contribution < -0.4 is 5.32 Å². The standard InChI is InChI=1S/C16H20N2O2/c1-15-9-6-10-17-16(15,2)14(20)18(13(15)19)11-12-7-4-3-5-8-12/h3-5,7-8,17H,6,9-11H2,1-2H3. The van der Waals surface area contributed by atoms with E-state index >= 15 is 0 Å². The molecule has 2 atom stereocenters. The number of carbonyl (C=O) groups is 2. The maximum absolute atomic E-state index is 12.7. The lowest BCUT2D eigenvalue weighted by atomic mass is 9.68. The number of rotatable bonds is 2. The van der Waals surface area contributed by atoms with Crippen LogP contribution in [0, 0.1) is 5.41 Å². The molecule has 0 aromatic heterocycles. The van der Waals surface area contributed by atoms with Gasteiger partial charge in [-0.3, -0.25) is 14.5 Å². The lowest BCUT2D eigenvalue weighted by molar-refractivity contribution is -0.142. The third-order valence-electron chi connectivity index (χ3n) is 5.01. The van der Waals surface area contributed by atoms with Crippen molar-refractivity contribution in [2.75, 3.05) is 6.54 Å². The molecule has 2 unspecified atom stereocenters. The van der Waals surface area contributed by atoms with Crippen molar-refractivity contribution in [3.63, 3.8) is 0 Å². The van der Waals surface area contributed by atoms with Gasteiger partial charge in [-0.2, -0.15) is 0 Å². The van der Waals surface area contributed by atoms with Gasteiger partial charge >= 0.3 is 0 Å². The first-order chi connectivity index (χ1) is 9.49. The molecular weight excluding hydrogens is 252 g/mol. The maximum Gasteiger partial charge on any atom is 0.250 e. The van der Waals surface area contributed by atoms with Crippen molar-refractivity contribution in [1.82, 2.24) is 10.2 Å². The van der Waals surface area contributed by atoms with E-state index in [0.29, 0.717) is 6.54 Å². The molecule has 2 saturated heterocycles. The van der Waals surface area contributed by atoms with Gasteiger partial charge in [-0.1, -0.05) is 30.3 Å². The largest absolute Gasteiger partial charge is 0.303 e. The third-order valence-corrected chi connectivity index (χ3v) is 5.01. The quantitative estimate of drug-likeness (QED) is 0.834. The van der Waals surface area contributed by atoms with Crippen molar-refractivity contribution in [3.8, 4) is 0 Å². The SMILES string of the molecule is CC12CCCNC1(C)C(=O)N(Cc1ccccc1)C2=O. The number of benzene rings is 1. The average molecular weight is 272 g/mol. The monoisotopic (exact) mass is 272 g/mol. The van der Waals surface area contributed by atoms with Crippen molar-refractivity contribution in [2.24, 2.45) is 5.41 Å². The summed E-state index contributed by atoms with van der Waals surface area (Å²) in [6, 6.07) is 9.67. The summed E-state index contributed by atoms with van der Waals surface area (Å²) in [6.45, 7) is 4.96. The highest BCUT2D eigenvalue weighted by Gasteiger charge is 2.64. The minimum Gasteiger partial charge on any atom is -0.303 e. The van der Waals surface area contributed by atoms with Crippen LogP contribution in [0.15, 0.2) is 30.3 Å². The van der Waals surface area contributed by atoms with Crippen molar-refractivity contribution < 1.29 is 9.59 Å². The van der Waals surface area contributed by atoms with Gasteiger partial charge in [-0.25, -0.2) is 0 Å². The summed E-state index contributed by atoms with van der Waals surface area (Å²) in [5.74, 6) is -0.130. The Morgan fingerprint density at radius 1 is 1.15 bits per heavy atom. The van der Waals surface area contributed by atoms with Crippen LogP contribution in [0.25, 0.3) is 0 Å². The Hall–Kier alpha value is -1.68. The minimum atomic E-state index is -0.753. The van der Waals surface area contributed by atoms with E-state index in [9.17, 15) is 9.59 Å². The predicted molar refractivity (Wildman–Crippen MR) is 75.7 cm³/mol. The smallest absolute Gasteiger partial charge is 0.250 e. The van der Waals surface area contributed by atoms with Gasteiger partial charge in [-0.05, 0) is 38.8 Å². The van der Waals surface area contributed by atoms with Crippen molar-refractivity contribution in [3.05, 3.63) is 35.9 Å². The number of piperidine rings is 1. The van der Waals surface area contributed by atoms with E-state index < -0.39 is 11.0 Å². The first-order valence-electron chi connectivity index (χ1n) is 7.14. The lowest BCUT2D eigenvalue weighted by Crippen LogP contribution is -2.60. The molecule has 0 saturated carbocycles. The van der Waals surface area contributed by atoms with E-state index in [2.05, 4.69) is 5.32 Å². The van der Waals surface area contributed by atoms with E-state index in [0.717, 1.165) is 24.9 Å². The minimum absolute atomic E-state index is 0.0407. The maximum atomic E-state index is 12.7. The number of carbonyl (C=O) groups excluding carboxylic acids is 2. The number of nitrogens with zero attached hydrogens (tertiary/aromatic N) is 1. The van der Waals surface area contributed by atoms with Crippen LogP contribution in [0.4, 0.5) is 0 Å². The summed E-state index contributed by atoms with van der Waals surface area (Å²) < 4.78 is 0. The molecule has 4 heteroatoms. The number of hydrogen-bond acceptors (Lipinski definition) is 3. The second-order valence-corrected chi connectivity index (χ2v) is 6.17. The van der Waals surface area contributed by atoms with Crippen LogP contribution in [-0.4, -0.2) is 28.8 Å². The van der Waals surface area contributed by atoms with Gasteiger partial charge in [0.15, 0.2) is 0 Å². The van der Waals surface area contributed by atoms with E-state index in [4.69, 9.17) is 0 Å². The second kappa shape index (κ2) is 4.42. The van der Waals surface area contributed by atoms with Crippen LogP contribution in [0.5, 0.6) is 0 Å². The van der Waals surface area contributed by atoms with Gasteiger partial charge in [0, 0.05) is 0 Å². The normalized spacial score (nSPS) is 33.4. The summed E-state index contributed by atoms with van der Waals surface area (Å²) in [5, 5.41) is 3.28. The summed E-state index contributed by atoms with van der Waals surface area (Å²) >= 11 is 0. The van der Waals surface area contributed by atoms with E-state index in [-0.39, 0.29) is 11.8 Å². The highest BCUT2D eigenvalue weighted by Crippen LogP contribution is 2.47. The van der Waals surface area contributed by atoms with Crippen LogP contribution >= 0.6 is 0 Å². The Kier molecular flexibility index (Phi) is 2.94. The molecule has 4 nitrogen and oxygen atoms in total. The van der Waals surface area contributed by atoms with Crippen LogP contribution in [-0.2, 0) is 16.1 Å². The van der Waals surface area contributed by atoms with Crippen molar-refractivity contribution >= 4 is 11.8 Å². The molecule has 106 valence electrons. The number of amides is 2. The van der Waals surface area contributed by atoms with Crippen molar-refractivity contribution in [2.45, 2.75) is 38.8 Å². The molecule has 0 spiro atoms. The summed E-state index contributed by atoms with van der Waals surface area (Å²) in [6.07, 6.45) is 1.71. The highest BCUT2D eigenvalue weighted by atomic mass is 16.2. The fourth-order valence-electron chi connectivity index (χ4n) is 3.43. The van der Waals surface area contributed by atoms with Gasteiger partial charge in [0.1, 0.15) is 5.54 Å². The van der Waals surface area contributed by atoms with E-state index in [1.54, 1.807) is 0 Å². The Morgan fingerprint density at radius 2 is 1.85 bits per heavy atom. The fourth-order valence-corrected chi connectivity index (χ4v) is 3.43. The molecule has 2 aliphatic heterocycles.